The van der Waals surface area contributed by atoms with Gasteiger partial charge >= 0.3 is 5.69 Å². The lowest BCUT2D eigenvalue weighted by Crippen LogP contribution is -2.39. The molecule has 5 rings (SSSR count). The summed E-state index contributed by atoms with van der Waals surface area (Å²) in [5, 5.41) is 6.46. The second kappa shape index (κ2) is 6.91. The summed E-state index contributed by atoms with van der Waals surface area (Å²) in [5.74, 6) is 1.77. The van der Waals surface area contributed by atoms with Crippen LogP contribution in [0.15, 0.2) is 35.4 Å². The van der Waals surface area contributed by atoms with Crippen molar-refractivity contribution in [3.05, 3.63) is 46.6 Å². The van der Waals surface area contributed by atoms with Crippen LogP contribution in [0.5, 0.6) is 5.75 Å². The van der Waals surface area contributed by atoms with Crippen molar-refractivity contribution in [2.75, 3.05) is 31.1 Å². The van der Waals surface area contributed by atoms with Gasteiger partial charge in [0.25, 0.3) is 5.91 Å². The summed E-state index contributed by atoms with van der Waals surface area (Å²) >= 11 is 0. The Balaban J connectivity index is 1.45. The van der Waals surface area contributed by atoms with Crippen LogP contribution in [0.3, 0.4) is 0 Å². The van der Waals surface area contributed by atoms with Crippen LogP contribution in [0, 0.1) is 5.92 Å². The van der Waals surface area contributed by atoms with E-state index in [1.54, 1.807) is 18.5 Å². The van der Waals surface area contributed by atoms with Gasteiger partial charge in [0.05, 0.1) is 12.1 Å². The number of aromatic nitrogens is 4. The number of hydrogen-bond donors (Lipinski definition) is 1. The van der Waals surface area contributed by atoms with Gasteiger partial charge in [0.2, 0.25) is 0 Å². The molecular formula is C20H22N6O3. The summed E-state index contributed by atoms with van der Waals surface area (Å²) in [6.45, 7) is 4.84. The molecule has 1 atom stereocenters. The van der Waals surface area contributed by atoms with E-state index in [2.05, 4.69) is 22.1 Å². The zero-order valence-electron chi connectivity index (χ0n) is 16.2. The molecule has 0 aliphatic carbocycles. The number of nitrogens with one attached hydrogen (secondary N) is 1. The maximum atomic E-state index is 12.9. The number of pyridine rings is 2. The second-order valence-corrected chi connectivity index (χ2v) is 7.69. The molecule has 2 aliphatic rings. The standard InChI is InChI=1S/C20H22N6O3/c1-13-3-2-5-24(12-13)19(27)14-9-16-18(21-11-14)25(7-8-29-16)15-4-6-26-17(10-15)22-23-20(26)28/h4,6,9-11,13H,2-3,5,7-8,12H2,1H3,(H,23,28). The van der Waals surface area contributed by atoms with Crippen molar-refractivity contribution >= 4 is 23.1 Å². The minimum Gasteiger partial charge on any atom is -0.488 e. The molecule has 0 radical (unpaired) electrons. The summed E-state index contributed by atoms with van der Waals surface area (Å²) in [4.78, 5) is 33.1. The number of fused-ring (bicyclic) bond motifs is 2. The molecule has 29 heavy (non-hydrogen) atoms. The van der Waals surface area contributed by atoms with Crippen molar-refractivity contribution < 1.29 is 9.53 Å². The van der Waals surface area contributed by atoms with Crippen molar-refractivity contribution in [2.45, 2.75) is 19.8 Å². The largest absolute Gasteiger partial charge is 0.488 e. The molecule has 1 unspecified atom stereocenters. The molecule has 1 amide bonds. The van der Waals surface area contributed by atoms with E-state index in [1.165, 1.54) is 4.40 Å². The maximum absolute atomic E-state index is 12.9. The van der Waals surface area contributed by atoms with Gasteiger partial charge in [0.1, 0.15) is 6.61 Å². The first kappa shape index (κ1) is 17.7. The molecule has 2 aliphatic heterocycles. The third kappa shape index (κ3) is 3.12. The highest BCUT2D eigenvalue weighted by atomic mass is 16.5. The molecule has 5 heterocycles. The third-order valence-electron chi connectivity index (χ3n) is 5.57. The van der Waals surface area contributed by atoms with Crippen LogP contribution in [0.25, 0.3) is 5.65 Å². The molecule has 1 N–H and O–H groups in total. The Labute approximate surface area is 166 Å². The normalized spacial score (nSPS) is 19.1. The fourth-order valence-electron chi connectivity index (χ4n) is 4.09. The number of carbonyl (C=O) groups is 1. The quantitative estimate of drug-likeness (QED) is 0.712. The number of nitrogens with zero attached hydrogens (tertiary/aromatic N) is 5. The highest BCUT2D eigenvalue weighted by Gasteiger charge is 2.26. The van der Waals surface area contributed by atoms with Crippen LogP contribution < -0.4 is 15.3 Å². The van der Waals surface area contributed by atoms with Crippen LogP contribution in [-0.2, 0) is 0 Å². The smallest absolute Gasteiger partial charge is 0.347 e. The van der Waals surface area contributed by atoms with Gasteiger partial charge in [-0.05, 0) is 30.9 Å². The van der Waals surface area contributed by atoms with Crippen LogP contribution in [0.4, 0.5) is 11.5 Å². The number of rotatable bonds is 2. The van der Waals surface area contributed by atoms with Gasteiger partial charge in [-0.2, -0.15) is 5.10 Å². The van der Waals surface area contributed by atoms with Gasteiger partial charge < -0.3 is 14.5 Å². The van der Waals surface area contributed by atoms with E-state index in [1.807, 2.05) is 21.9 Å². The van der Waals surface area contributed by atoms with Crippen molar-refractivity contribution in [3.8, 4) is 5.75 Å². The molecule has 0 saturated carbocycles. The third-order valence-corrected chi connectivity index (χ3v) is 5.57. The lowest BCUT2D eigenvalue weighted by atomic mass is 10.00. The lowest BCUT2D eigenvalue weighted by Gasteiger charge is -2.32. The molecule has 9 heteroatoms. The SMILES string of the molecule is CC1CCCN(C(=O)c2cnc3c(c2)OCCN3c2ccn3c(=O)[nH]nc3c2)C1. The molecule has 0 bridgehead atoms. The number of likely N-dealkylation sites (tertiary alicyclic amines) is 1. The zero-order valence-corrected chi connectivity index (χ0v) is 16.2. The maximum Gasteiger partial charge on any atom is 0.347 e. The lowest BCUT2D eigenvalue weighted by molar-refractivity contribution is 0.0682. The number of hydrogen-bond acceptors (Lipinski definition) is 6. The predicted octanol–water partition coefficient (Wildman–Crippen LogP) is 1.82. The van der Waals surface area contributed by atoms with Crippen molar-refractivity contribution in [1.29, 1.82) is 0 Å². The highest BCUT2D eigenvalue weighted by molar-refractivity contribution is 5.95. The first-order valence-corrected chi connectivity index (χ1v) is 9.86. The highest BCUT2D eigenvalue weighted by Crippen LogP contribution is 2.35. The molecule has 0 spiro atoms. The van der Waals surface area contributed by atoms with Crippen molar-refractivity contribution in [1.82, 2.24) is 24.5 Å². The number of ether oxygens (including phenoxy) is 1. The van der Waals surface area contributed by atoms with E-state index in [0.29, 0.717) is 41.8 Å². The Morgan fingerprint density at radius 1 is 1.31 bits per heavy atom. The van der Waals surface area contributed by atoms with E-state index in [4.69, 9.17) is 4.74 Å². The Kier molecular flexibility index (Phi) is 4.22. The summed E-state index contributed by atoms with van der Waals surface area (Å²) in [6, 6.07) is 5.45. The number of aromatic amines is 1. The van der Waals surface area contributed by atoms with E-state index >= 15 is 0 Å². The summed E-state index contributed by atoms with van der Waals surface area (Å²) < 4.78 is 7.26. The first-order chi connectivity index (χ1) is 14.1. The molecule has 1 fully saturated rings. The number of anilines is 2. The fraction of sp³-hybridized carbons (Fsp3) is 0.400. The van der Waals surface area contributed by atoms with E-state index in [0.717, 1.165) is 31.6 Å². The predicted molar refractivity (Wildman–Crippen MR) is 107 cm³/mol. The van der Waals surface area contributed by atoms with E-state index in [9.17, 15) is 9.59 Å². The molecule has 1 saturated heterocycles. The van der Waals surface area contributed by atoms with Crippen LogP contribution >= 0.6 is 0 Å². The van der Waals surface area contributed by atoms with Gasteiger partial charge in [-0.3, -0.25) is 9.20 Å². The average Bonchev–Trinajstić information content (AvgIpc) is 3.12. The van der Waals surface area contributed by atoms with Gasteiger partial charge in [-0.15, -0.1) is 0 Å². The molecule has 3 aromatic heterocycles. The van der Waals surface area contributed by atoms with Gasteiger partial charge in [0, 0.05) is 37.2 Å². The minimum absolute atomic E-state index is 0.00453. The molecular weight excluding hydrogens is 372 g/mol. The average molecular weight is 394 g/mol. The Bertz CT molecular complexity index is 1140. The summed E-state index contributed by atoms with van der Waals surface area (Å²) in [7, 11) is 0. The molecule has 3 aromatic rings. The van der Waals surface area contributed by atoms with Crippen LogP contribution in [0.1, 0.15) is 30.1 Å². The zero-order chi connectivity index (χ0) is 20.0. The number of amides is 1. The van der Waals surface area contributed by atoms with Crippen LogP contribution in [-0.4, -0.2) is 56.6 Å². The minimum atomic E-state index is -0.276. The topological polar surface area (TPSA) is 95.8 Å². The monoisotopic (exact) mass is 394 g/mol. The Morgan fingerprint density at radius 2 is 2.21 bits per heavy atom. The molecule has 0 aromatic carbocycles. The van der Waals surface area contributed by atoms with Gasteiger partial charge in [-0.1, -0.05) is 6.92 Å². The molecule has 9 nitrogen and oxygen atoms in total. The van der Waals surface area contributed by atoms with Gasteiger partial charge in [-0.25, -0.2) is 14.9 Å². The van der Waals surface area contributed by atoms with Crippen LogP contribution in [0.2, 0.25) is 0 Å². The number of piperidine rings is 1. The second-order valence-electron chi connectivity index (χ2n) is 7.69. The number of carbonyl (C=O) groups excluding carboxylic acids is 1. The Morgan fingerprint density at radius 3 is 3.07 bits per heavy atom. The Hall–Kier alpha value is -3.36. The fourth-order valence-corrected chi connectivity index (χ4v) is 4.09. The summed E-state index contributed by atoms with van der Waals surface area (Å²) in [5.41, 5.74) is 1.67. The first-order valence-electron chi connectivity index (χ1n) is 9.86. The number of H-pyrrole nitrogens is 1. The van der Waals surface area contributed by atoms with E-state index in [-0.39, 0.29) is 11.6 Å². The summed E-state index contributed by atoms with van der Waals surface area (Å²) in [6.07, 6.45) is 5.51. The van der Waals surface area contributed by atoms with E-state index < -0.39 is 0 Å². The van der Waals surface area contributed by atoms with Gasteiger partial charge in [0.15, 0.2) is 17.2 Å². The van der Waals surface area contributed by atoms with Crippen molar-refractivity contribution in [2.24, 2.45) is 5.92 Å². The molecule has 150 valence electrons. The van der Waals surface area contributed by atoms with Crippen molar-refractivity contribution in [3.63, 3.8) is 0 Å².